The number of urea groups is 1. The maximum absolute atomic E-state index is 13.1. The molecule has 3 N–H and O–H groups in total. The molecule has 4 aromatic rings. The third-order valence-corrected chi connectivity index (χ3v) is 9.19. The fourth-order valence-electron chi connectivity index (χ4n) is 4.14. The molecule has 3 amide bonds. The molecule has 1 unspecified atom stereocenters. The van der Waals surface area contributed by atoms with Gasteiger partial charge in [-0.05, 0) is 67.1 Å². The monoisotopic (exact) mass is 673 g/mol. The average Bonchev–Trinajstić information content (AvgIpc) is 2.98. The van der Waals surface area contributed by atoms with Crippen molar-refractivity contribution >= 4 is 73.9 Å². The maximum Gasteiger partial charge on any atom is 0.328 e. The summed E-state index contributed by atoms with van der Waals surface area (Å²) in [7, 11) is -2.70. The van der Waals surface area contributed by atoms with Crippen LogP contribution in [0.15, 0.2) is 94.7 Å². The summed E-state index contributed by atoms with van der Waals surface area (Å²) in [6.45, 7) is 1.84. The Hall–Kier alpha value is -4.09. The van der Waals surface area contributed by atoms with E-state index in [1.165, 1.54) is 37.4 Å². The first-order valence-corrected chi connectivity index (χ1v) is 15.6. The van der Waals surface area contributed by atoms with Gasteiger partial charge in [0.1, 0.15) is 6.04 Å². The van der Waals surface area contributed by atoms with Crippen LogP contribution >= 0.6 is 34.8 Å². The Bertz CT molecular complexity index is 1790. The van der Waals surface area contributed by atoms with Gasteiger partial charge in [-0.15, -0.1) is 0 Å². The molecule has 4 aromatic carbocycles. The van der Waals surface area contributed by atoms with Gasteiger partial charge in [0.2, 0.25) is 9.84 Å². The molecule has 4 rings (SSSR count). The number of esters is 1. The van der Waals surface area contributed by atoms with Gasteiger partial charge in [0.05, 0.1) is 43.2 Å². The van der Waals surface area contributed by atoms with Crippen molar-refractivity contribution < 1.29 is 27.5 Å². The average molecular weight is 675 g/mol. The summed E-state index contributed by atoms with van der Waals surface area (Å²) in [5, 5.41) is 8.26. The van der Waals surface area contributed by atoms with E-state index in [1.807, 2.05) is 6.92 Å². The third kappa shape index (κ3) is 7.89. The van der Waals surface area contributed by atoms with Gasteiger partial charge >= 0.3 is 12.0 Å². The van der Waals surface area contributed by atoms with Crippen LogP contribution in [0.2, 0.25) is 15.1 Å². The van der Waals surface area contributed by atoms with Crippen LogP contribution in [0.3, 0.4) is 0 Å². The summed E-state index contributed by atoms with van der Waals surface area (Å²) in [6, 6.07) is 19.7. The Morgan fingerprint density at radius 3 is 2.02 bits per heavy atom. The molecular formula is C31H26Cl3N3O6S. The number of hydrogen-bond donors (Lipinski definition) is 3. The van der Waals surface area contributed by atoms with Crippen LogP contribution in [0.1, 0.15) is 21.5 Å². The molecule has 228 valence electrons. The first kappa shape index (κ1) is 32.8. The predicted octanol–water partition coefficient (Wildman–Crippen LogP) is 6.95. The highest BCUT2D eigenvalue weighted by Crippen LogP contribution is 2.29. The second-order valence-electron chi connectivity index (χ2n) is 9.58. The van der Waals surface area contributed by atoms with E-state index in [4.69, 9.17) is 39.5 Å². The normalized spacial score (nSPS) is 11.8. The molecule has 0 radical (unpaired) electrons. The zero-order chi connectivity index (χ0) is 32.0. The lowest BCUT2D eigenvalue weighted by atomic mass is 10.1. The summed E-state index contributed by atoms with van der Waals surface area (Å²) in [4.78, 5) is 38.1. The van der Waals surface area contributed by atoms with Crippen LogP contribution in [0.4, 0.5) is 16.2 Å². The Morgan fingerprint density at radius 2 is 1.41 bits per heavy atom. The summed E-state index contributed by atoms with van der Waals surface area (Å²) in [5.41, 5.74) is 2.16. The zero-order valence-electron chi connectivity index (χ0n) is 23.4. The number of hydrogen-bond acceptors (Lipinski definition) is 6. The Labute approximate surface area is 269 Å². The van der Waals surface area contributed by atoms with Gasteiger partial charge in [0.15, 0.2) is 0 Å². The van der Waals surface area contributed by atoms with Crippen molar-refractivity contribution in [1.82, 2.24) is 5.32 Å². The topological polar surface area (TPSA) is 131 Å². The fourth-order valence-corrected chi connectivity index (χ4v) is 6.16. The van der Waals surface area contributed by atoms with Crippen molar-refractivity contribution in [3.05, 3.63) is 117 Å². The summed E-state index contributed by atoms with van der Waals surface area (Å²) in [5.74, 6) is -1.21. The first-order chi connectivity index (χ1) is 20.9. The highest BCUT2D eigenvalue weighted by atomic mass is 35.5. The largest absolute Gasteiger partial charge is 0.467 e. The molecule has 13 heteroatoms. The van der Waals surface area contributed by atoms with Gasteiger partial charge in [0.25, 0.3) is 5.91 Å². The molecule has 0 heterocycles. The summed E-state index contributed by atoms with van der Waals surface area (Å²) < 4.78 is 31.1. The Balaban J connectivity index is 1.45. The van der Waals surface area contributed by atoms with Crippen molar-refractivity contribution in [1.29, 1.82) is 0 Å². The minimum atomic E-state index is -3.89. The van der Waals surface area contributed by atoms with Gasteiger partial charge in [-0.1, -0.05) is 70.7 Å². The molecule has 0 bridgehead atoms. The van der Waals surface area contributed by atoms with Gasteiger partial charge < -0.3 is 20.7 Å². The highest BCUT2D eigenvalue weighted by Gasteiger charge is 2.24. The lowest BCUT2D eigenvalue weighted by Crippen LogP contribution is -2.45. The van der Waals surface area contributed by atoms with E-state index >= 15 is 0 Å². The van der Waals surface area contributed by atoms with Gasteiger partial charge in [0, 0.05) is 12.1 Å². The van der Waals surface area contributed by atoms with E-state index in [1.54, 1.807) is 54.6 Å². The molecule has 0 aliphatic rings. The number of nitrogens with one attached hydrogen (secondary N) is 3. The van der Waals surface area contributed by atoms with Crippen molar-refractivity contribution in [3.63, 3.8) is 0 Å². The molecule has 44 heavy (non-hydrogen) atoms. The summed E-state index contributed by atoms with van der Waals surface area (Å²) in [6.07, 6.45) is 0.0419. The molecule has 1 atom stereocenters. The number of sulfone groups is 1. The quantitative estimate of drug-likeness (QED) is 0.165. The molecule has 0 fully saturated rings. The number of benzene rings is 4. The Morgan fingerprint density at radius 1 is 0.795 bits per heavy atom. The molecule has 0 aromatic heterocycles. The fraction of sp³-hybridized carbons (Fsp3) is 0.129. The SMILES string of the molecule is COC(=O)C(Cc1ccc(NC(=O)c2c(Cl)cccc2Cl)cc1)NC(=O)Nc1cc(S(=O)(=O)c2ccc(C)cc2)ccc1Cl. The van der Waals surface area contributed by atoms with E-state index in [0.717, 1.165) is 5.56 Å². The van der Waals surface area contributed by atoms with Crippen LogP contribution in [0, 0.1) is 6.92 Å². The molecule has 0 spiro atoms. The van der Waals surface area contributed by atoms with Gasteiger partial charge in [-0.25, -0.2) is 18.0 Å². The number of aryl methyl sites for hydroxylation is 1. The van der Waals surface area contributed by atoms with Crippen LogP contribution in [-0.4, -0.2) is 39.5 Å². The van der Waals surface area contributed by atoms with Gasteiger partial charge in [-0.2, -0.15) is 0 Å². The van der Waals surface area contributed by atoms with E-state index in [0.29, 0.717) is 11.3 Å². The third-order valence-electron chi connectivity index (χ3n) is 6.46. The number of rotatable bonds is 9. The Kier molecular flexibility index (Phi) is 10.5. The number of carbonyl (C=O) groups excluding carboxylic acids is 3. The minimum Gasteiger partial charge on any atom is -0.467 e. The first-order valence-electron chi connectivity index (χ1n) is 13.0. The van der Waals surface area contributed by atoms with Gasteiger partial charge in [-0.3, -0.25) is 4.79 Å². The number of carbonyl (C=O) groups is 3. The van der Waals surface area contributed by atoms with E-state index in [9.17, 15) is 22.8 Å². The number of halogens is 3. The van der Waals surface area contributed by atoms with Crippen LogP contribution < -0.4 is 16.0 Å². The molecule has 0 saturated carbocycles. The zero-order valence-corrected chi connectivity index (χ0v) is 26.4. The number of ether oxygens (including phenoxy) is 1. The van der Waals surface area contributed by atoms with E-state index in [-0.39, 0.29) is 42.5 Å². The summed E-state index contributed by atoms with van der Waals surface area (Å²) >= 11 is 18.5. The maximum atomic E-state index is 13.1. The van der Waals surface area contributed by atoms with Crippen molar-refractivity contribution in [3.8, 4) is 0 Å². The van der Waals surface area contributed by atoms with Crippen molar-refractivity contribution in [2.75, 3.05) is 17.7 Å². The van der Waals surface area contributed by atoms with Crippen LogP contribution in [0.5, 0.6) is 0 Å². The lowest BCUT2D eigenvalue weighted by molar-refractivity contribution is -0.142. The number of methoxy groups -OCH3 is 1. The smallest absolute Gasteiger partial charge is 0.328 e. The van der Waals surface area contributed by atoms with Crippen LogP contribution in [0.25, 0.3) is 0 Å². The molecule has 0 aliphatic heterocycles. The molecular weight excluding hydrogens is 649 g/mol. The highest BCUT2D eigenvalue weighted by molar-refractivity contribution is 7.91. The molecule has 0 saturated heterocycles. The number of amides is 3. The van der Waals surface area contributed by atoms with Crippen LogP contribution in [-0.2, 0) is 25.8 Å². The molecule has 0 aliphatic carbocycles. The second-order valence-corrected chi connectivity index (χ2v) is 12.8. The predicted molar refractivity (Wildman–Crippen MR) is 171 cm³/mol. The van der Waals surface area contributed by atoms with Crippen molar-refractivity contribution in [2.24, 2.45) is 0 Å². The minimum absolute atomic E-state index is 0.0275. The van der Waals surface area contributed by atoms with Crippen molar-refractivity contribution in [2.45, 2.75) is 29.2 Å². The second kappa shape index (κ2) is 14.1. The van der Waals surface area contributed by atoms with E-state index in [2.05, 4.69) is 16.0 Å². The molecule has 9 nitrogen and oxygen atoms in total. The van der Waals surface area contributed by atoms with E-state index < -0.39 is 33.8 Å². The standard InChI is InChI=1S/C31H26Cl3N3O6S/c1-18-6-12-21(13-7-18)44(41,42)22-14-15-23(32)26(17-22)36-31(40)37-27(30(39)43-2)16-19-8-10-20(11-9-19)35-29(38)28-24(33)4-3-5-25(28)34/h3-15,17,27H,16H2,1-2H3,(H,35,38)(H2,36,37,40). The number of anilines is 2. The lowest BCUT2D eigenvalue weighted by Gasteiger charge is -2.18.